The van der Waals surface area contributed by atoms with Crippen molar-refractivity contribution in [3.05, 3.63) is 58.9 Å². The number of hydrogen-bond donors (Lipinski definition) is 2. The Kier molecular flexibility index (Phi) is 3.54. The van der Waals surface area contributed by atoms with Crippen LogP contribution < -0.4 is 5.32 Å². The van der Waals surface area contributed by atoms with E-state index in [4.69, 9.17) is 0 Å². The number of amides is 1. The maximum Gasteiger partial charge on any atom is 0.256 e. The van der Waals surface area contributed by atoms with Crippen LogP contribution in [-0.4, -0.2) is 22.6 Å². The molecule has 1 aliphatic rings. The summed E-state index contributed by atoms with van der Waals surface area (Å²) in [6.07, 6.45) is 2.33. The van der Waals surface area contributed by atoms with E-state index in [2.05, 4.69) is 10.3 Å². The average Bonchev–Trinajstić information content (AvgIpc) is 2.77. The third kappa shape index (κ3) is 2.58. The molecule has 2 heterocycles. The van der Waals surface area contributed by atoms with Gasteiger partial charge >= 0.3 is 0 Å². The summed E-state index contributed by atoms with van der Waals surface area (Å²) in [5.74, 6) is -0.126. The predicted molar refractivity (Wildman–Crippen MR) is 82.7 cm³/mol. The lowest BCUT2D eigenvalue weighted by atomic mass is 9.97. The van der Waals surface area contributed by atoms with Gasteiger partial charge in [-0.25, -0.2) is 0 Å². The lowest BCUT2D eigenvalue weighted by molar-refractivity contribution is -0.110. The molecule has 0 spiro atoms. The number of nitrogens with zero attached hydrogens (tertiary/aromatic N) is 1. The van der Waals surface area contributed by atoms with Crippen molar-refractivity contribution in [1.82, 2.24) is 4.98 Å². The highest BCUT2D eigenvalue weighted by Crippen LogP contribution is 2.35. The summed E-state index contributed by atoms with van der Waals surface area (Å²) in [5.41, 5.74) is 4.91. The van der Waals surface area contributed by atoms with E-state index >= 15 is 0 Å². The van der Waals surface area contributed by atoms with Gasteiger partial charge in [-0.05, 0) is 43.2 Å². The highest BCUT2D eigenvalue weighted by atomic mass is 16.3. The van der Waals surface area contributed by atoms with Crippen LogP contribution in [0.4, 0.5) is 5.69 Å². The standard InChI is InChI=1S/C17H16N2O2/c1-11-4-2-6-13(18-11)10-14-16-12(8-9-20)5-3-7-15(16)19-17(14)21/h2-7,10,20H,8-9H2,1H3,(H,19,21)/b14-10+. The fourth-order valence-corrected chi connectivity index (χ4v) is 2.58. The number of carbonyl (C=O) groups excluding carboxylic acids is 1. The second-order valence-electron chi connectivity index (χ2n) is 5.03. The number of benzene rings is 1. The number of aliphatic hydroxyl groups excluding tert-OH is 1. The molecule has 3 rings (SSSR count). The van der Waals surface area contributed by atoms with Gasteiger partial charge in [0.25, 0.3) is 5.91 Å². The van der Waals surface area contributed by atoms with Gasteiger partial charge in [0.05, 0.1) is 11.3 Å². The Labute approximate surface area is 123 Å². The first-order chi connectivity index (χ1) is 10.2. The fourth-order valence-electron chi connectivity index (χ4n) is 2.58. The second-order valence-corrected chi connectivity index (χ2v) is 5.03. The first-order valence-electron chi connectivity index (χ1n) is 6.89. The third-order valence-corrected chi connectivity index (χ3v) is 3.50. The molecule has 1 amide bonds. The Hall–Kier alpha value is -2.46. The van der Waals surface area contributed by atoms with Crippen molar-refractivity contribution in [2.24, 2.45) is 0 Å². The molecule has 4 nitrogen and oxygen atoms in total. The Morgan fingerprint density at radius 3 is 2.81 bits per heavy atom. The van der Waals surface area contributed by atoms with Crippen molar-refractivity contribution < 1.29 is 9.90 Å². The van der Waals surface area contributed by atoms with Crippen molar-refractivity contribution in [3.63, 3.8) is 0 Å². The first kappa shape index (κ1) is 13.5. The summed E-state index contributed by atoms with van der Waals surface area (Å²) < 4.78 is 0. The first-order valence-corrected chi connectivity index (χ1v) is 6.89. The van der Waals surface area contributed by atoms with E-state index in [1.165, 1.54) is 0 Å². The van der Waals surface area contributed by atoms with E-state index in [1.54, 1.807) is 6.08 Å². The molecule has 2 N–H and O–H groups in total. The van der Waals surface area contributed by atoms with Gasteiger partial charge in [0.2, 0.25) is 0 Å². The molecule has 2 aromatic rings. The van der Waals surface area contributed by atoms with Gasteiger partial charge in [-0.15, -0.1) is 0 Å². The van der Waals surface area contributed by atoms with E-state index in [9.17, 15) is 9.90 Å². The van der Waals surface area contributed by atoms with Crippen molar-refractivity contribution >= 4 is 23.2 Å². The number of rotatable bonds is 3. The smallest absolute Gasteiger partial charge is 0.256 e. The Morgan fingerprint density at radius 1 is 1.24 bits per heavy atom. The summed E-state index contributed by atoms with van der Waals surface area (Å²) in [5, 5.41) is 12.1. The summed E-state index contributed by atoms with van der Waals surface area (Å²) in [6, 6.07) is 11.4. The van der Waals surface area contributed by atoms with Crippen molar-refractivity contribution in [2.75, 3.05) is 11.9 Å². The lowest BCUT2D eigenvalue weighted by Crippen LogP contribution is -2.04. The molecule has 0 fully saturated rings. The van der Waals surface area contributed by atoms with E-state index in [-0.39, 0.29) is 12.5 Å². The minimum Gasteiger partial charge on any atom is -0.396 e. The van der Waals surface area contributed by atoms with E-state index < -0.39 is 0 Å². The number of hydrogen-bond acceptors (Lipinski definition) is 3. The molecular formula is C17H16N2O2. The Bertz CT molecular complexity index is 735. The van der Waals surface area contributed by atoms with Crippen LogP contribution in [0.15, 0.2) is 36.4 Å². The van der Waals surface area contributed by atoms with Crippen LogP contribution in [0.5, 0.6) is 0 Å². The molecule has 21 heavy (non-hydrogen) atoms. The molecule has 0 saturated heterocycles. The van der Waals surface area contributed by atoms with E-state index in [0.29, 0.717) is 12.0 Å². The molecule has 1 aliphatic heterocycles. The molecule has 0 atom stereocenters. The maximum absolute atomic E-state index is 12.2. The molecular weight excluding hydrogens is 264 g/mol. The molecule has 0 bridgehead atoms. The molecule has 1 aromatic heterocycles. The van der Waals surface area contributed by atoms with Gasteiger partial charge in [0.15, 0.2) is 0 Å². The quantitative estimate of drug-likeness (QED) is 0.849. The van der Waals surface area contributed by atoms with Gasteiger partial charge in [0, 0.05) is 23.6 Å². The molecule has 106 valence electrons. The zero-order chi connectivity index (χ0) is 14.8. The molecule has 1 aromatic carbocycles. The van der Waals surface area contributed by atoms with Crippen LogP contribution in [0.2, 0.25) is 0 Å². The molecule has 0 aliphatic carbocycles. The monoisotopic (exact) mass is 280 g/mol. The lowest BCUT2D eigenvalue weighted by Gasteiger charge is -2.06. The number of fused-ring (bicyclic) bond motifs is 1. The minimum absolute atomic E-state index is 0.0562. The van der Waals surface area contributed by atoms with Gasteiger partial charge < -0.3 is 10.4 Å². The third-order valence-electron chi connectivity index (χ3n) is 3.50. The number of anilines is 1. The van der Waals surface area contributed by atoms with Crippen LogP contribution in [-0.2, 0) is 11.2 Å². The van der Waals surface area contributed by atoms with Crippen LogP contribution in [0.25, 0.3) is 11.6 Å². The zero-order valence-corrected chi connectivity index (χ0v) is 11.8. The van der Waals surface area contributed by atoms with Crippen molar-refractivity contribution in [1.29, 1.82) is 0 Å². The van der Waals surface area contributed by atoms with Crippen molar-refractivity contribution in [3.8, 4) is 0 Å². The summed E-state index contributed by atoms with van der Waals surface area (Å²) >= 11 is 0. The SMILES string of the molecule is Cc1cccc(/C=C2/C(=O)Nc3cccc(CCO)c32)n1. The molecule has 0 radical (unpaired) electrons. The largest absolute Gasteiger partial charge is 0.396 e. The number of carbonyl (C=O) groups is 1. The maximum atomic E-state index is 12.2. The molecule has 4 heteroatoms. The number of nitrogens with one attached hydrogen (secondary N) is 1. The fraction of sp³-hybridized carbons (Fsp3) is 0.176. The normalized spacial score (nSPS) is 15.1. The number of aryl methyl sites for hydroxylation is 1. The van der Waals surface area contributed by atoms with Crippen LogP contribution >= 0.6 is 0 Å². The average molecular weight is 280 g/mol. The number of aliphatic hydroxyl groups is 1. The van der Waals surface area contributed by atoms with Gasteiger partial charge in [-0.2, -0.15) is 0 Å². The summed E-state index contributed by atoms with van der Waals surface area (Å²) in [4.78, 5) is 16.6. The zero-order valence-electron chi connectivity index (χ0n) is 11.8. The minimum atomic E-state index is -0.126. The second kappa shape index (κ2) is 5.50. The summed E-state index contributed by atoms with van der Waals surface area (Å²) in [7, 11) is 0. The van der Waals surface area contributed by atoms with Gasteiger partial charge in [-0.1, -0.05) is 18.2 Å². The molecule has 0 saturated carbocycles. The number of pyridine rings is 1. The van der Waals surface area contributed by atoms with Crippen LogP contribution in [0.1, 0.15) is 22.5 Å². The van der Waals surface area contributed by atoms with Crippen LogP contribution in [0.3, 0.4) is 0 Å². The number of aromatic nitrogens is 1. The predicted octanol–water partition coefficient (Wildman–Crippen LogP) is 2.42. The van der Waals surface area contributed by atoms with E-state index in [0.717, 1.165) is 28.2 Å². The Morgan fingerprint density at radius 2 is 2.05 bits per heavy atom. The molecule has 0 unspecified atom stereocenters. The van der Waals surface area contributed by atoms with E-state index in [1.807, 2.05) is 43.3 Å². The van der Waals surface area contributed by atoms with Gasteiger partial charge in [0.1, 0.15) is 0 Å². The highest BCUT2D eigenvalue weighted by Gasteiger charge is 2.26. The Balaban J connectivity index is 2.11. The summed E-state index contributed by atoms with van der Waals surface area (Å²) in [6.45, 7) is 1.97. The van der Waals surface area contributed by atoms with Crippen LogP contribution in [0, 0.1) is 6.92 Å². The highest BCUT2D eigenvalue weighted by molar-refractivity contribution is 6.35. The van der Waals surface area contributed by atoms with Gasteiger partial charge in [-0.3, -0.25) is 9.78 Å². The topological polar surface area (TPSA) is 62.2 Å². The van der Waals surface area contributed by atoms with Crippen molar-refractivity contribution in [2.45, 2.75) is 13.3 Å².